The second kappa shape index (κ2) is 3.23. The summed E-state index contributed by atoms with van der Waals surface area (Å²) in [5.41, 5.74) is 0. The second-order valence-electron chi connectivity index (χ2n) is 5.09. The third-order valence-electron chi connectivity index (χ3n) is 3.77. The molecule has 2 heterocycles. The van der Waals surface area contributed by atoms with Crippen molar-refractivity contribution in [2.45, 2.75) is 56.7 Å². The third kappa shape index (κ3) is 1.65. The molecule has 3 nitrogen and oxygen atoms in total. The van der Waals surface area contributed by atoms with Crippen LogP contribution in [0.15, 0.2) is 0 Å². The lowest BCUT2D eigenvalue weighted by Crippen LogP contribution is -2.48. The number of carbonyl (C=O) groups excluding carboxylic acids is 1. The first-order valence-electron chi connectivity index (χ1n) is 5.87. The Morgan fingerprint density at radius 2 is 1.71 bits per heavy atom. The fraction of sp³-hybridized carbons (Fsp3) is 0.909. The van der Waals surface area contributed by atoms with Gasteiger partial charge in [-0.15, -0.1) is 0 Å². The number of hydrogen-bond donors (Lipinski definition) is 2. The smallest absolute Gasteiger partial charge is 0.223 e. The molecule has 3 atom stereocenters. The first kappa shape index (κ1) is 8.72. The summed E-state index contributed by atoms with van der Waals surface area (Å²) in [4.78, 5) is 11.6. The van der Waals surface area contributed by atoms with Crippen LogP contribution in [-0.4, -0.2) is 24.0 Å². The van der Waals surface area contributed by atoms with Crippen molar-refractivity contribution in [3.05, 3.63) is 0 Å². The molecule has 78 valence electrons. The lowest BCUT2D eigenvalue weighted by molar-refractivity contribution is -0.123. The Morgan fingerprint density at radius 3 is 2.29 bits per heavy atom. The zero-order chi connectivity index (χ0) is 9.54. The molecule has 0 unspecified atom stereocenters. The predicted octanol–water partition coefficient (Wildman–Crippen LogP) is 0.796. The van der Waals surface area contributed by atoms with E-state index < -0.39 is 0 Å². The highest BCUT2D eigenvalue weighted by Crippen LogP contribution is 2.31. The van der Waals surface area contributed by atoms with E-state index in [1.807, 2.05) is 0 Å². The van der Waals surface area contributed by atoms with Crippen LogP contribution in [0, 0.1) is 5.92 Å². The lowest BCUT2D eigenvalue weighted by Gasteiger charge is -2.29. The Morgan fingerprint density at radius 1 is 1.07 bits per heavy atom. The van der Waals surface area contributed by atoms with E-state index in [1.54, 1.807) is 0 Å². The van der Waals surface area contributed by atoms with Gasteiger partial charge in [-0.3, -0.25) is 4.79 Å². The minimum absolute atomic E-state index is 0.316. The quantitative estimate of drug-likeness (QED) is 0.682. The molecule has 2 saturated heterocycles. The van der Waals surface area contributed by atoms with Crippen molar-refractivity contribution in [1.82, 2.24) is 10.6 Å². The third-order valence-corrected chi connectivity index (χ3v) is 3.77. The first-order chi connectivity index (χ1) is 6.81. The molecule has 3 fully saturated rings. The minimum Gasteiger partial charge on any atom is -0.353 e. The van der Waals surface area contributed by atoms with Gasteiger partial charge in [-0.2, -0.15) is 0 Å². The molecule has 0 aromatic rings. The van der Waals surface area contributed by atoms with Gasteiger partial charge in [0.05, 0.1) is 0 Å². The summed E-state index contributed by atoms with van der Waals surface area (Å²) in [5.74, 6) is 0.679. The predicted molar refractivity (Wildman–Crippen MR) is 53.8 cm³/mol. The Hall–Kier alpha value is -0.570. The zero-order valence-corrected chi connectivity index (χ0v) is 8.46. The van der Waals surface area contributed by atoms with Gasteiger partial charge in [0.2, 0.25) is 5.91 Å². The van der Waals surface area contributed by atoms with Gasteiger partial charge in [0.15, 0.2) is 0 Å². The van der Waals surface area contributed by atoms with Crippen LogP contribution in [-0.2, 0) is 4.79 Å². The molecule has 0 aromatic carbocycles. The molecule has 0 radical (unpaired) electrons. The summed E-state index contributed by atoms with van der Waals surface area (Å²) in [7, 11) is 0. The van der Waals surface area contributed by atoms with Crippen molar-refractivity contribution in [3.8, 4) is 0 Å². The summed E-state index contributed by atoms with van der Waals surface area (Å²) in [6, 6.07) is 1.82. The maximum Gasteiger partial charge on any atom is 0.223 e. The summed E-state index contributed by atoms with van der Waals surface area (Å²) < 4.78 is 0. The lowest BCUT2D eigenvalue weighted by atomic mass is 10.00. The normalized spacial score (nSPS) is 41.0. The highest BCUT2D eigenvalue weighted by Gasteiger charge is 2.36. The van der Waals surface area contributed by atoms with E-state index in [-0.39, 0.29) is 0 Å². The van der Waals surface area contributed by atoms with Crippen molar-refractivity contribution in [1.29, 1.82) is 0 Å². The van der Waals surface area contributed by atoms with E-state index in [2.05, 4.69) is 10.6 Å². The van der Waals surface area contributed by atoms with Crippen LogP contribution >= 0.6 is 0 Å². The molecule has 1 aliphatic carbocycles. The molecule has 2 bridgehead atoms. The number of carbonyl (C=O) groups is 1. The highest BCUT2D eigenvalue weighted by molar-refractivity contribution is 5.81. The van der Waals surface area contributed by atoms with E-state index in [1.165, 1.54) is 12.8 Å². The number of piperidine rings is 1. The molecule has 1 amide bonds. The van der Waals surface area contributed by atoms with Gasteiger partial charge in [-0.25, -0.2) is 0 Å². The summed E-state index contributed by atoms with van der Waals surface area (Å²) >= 11 is 0. The molecular weight excluding hydrogens is 176 g/mol. The van der Waals surface area contributed by atoms with Gasteiger partial charge in [-0.05, 0) is 38.5 Å². The largest absolute Gasteiger partial charge is 0.353 e. The highest BCUT2D eigenvalue weighted by atomic mass is 16.2. The number of nitrogens with one attached hydrogen (secondary N) is 2. The standard InChI is InChI=1S/C11H18N2O/c14-11(7-1-2-7)13-10-5-8-3-4-9(6-10)12-8/h7-10,12H,1-6H2,(H,13,14)/t8-,9+,10-. The zero-order valence-electron chi connectivity index (χ0n) is 8.46. The van der Waals surface area contributed by atoms with Crippen LogP contribution in [0.1, 0.15) is 38.5 Å². The maximum atomic E-state index is 11.6. The van der Waals surface area contributed by atoms with Crippen molar-refractivity contribution < 1.29 is 4.79 Å². The van der Waals surface area contributed by atoms with E-state index in [0.29, 0.717) is 30.0 Å². The monoisotopic (exact) mass is 194 g/mol. The fourth-order valence-electron chi connectivity index (χ4n) is 2.84. The summed E-state index contributed by atoms with van der Waals surface area (Å²) in [6.07, 6.45) is 7.14. The SMILES string of the molecule is O=C(N[C@@H]1C[C@H]2CC[C@@H](C1)N2)C1CC1. The molecule has 3 aliphatic rings. The Labute approximate surface area is 84.6 Å². The van der Waals surface area contributed by atoms with E-state index in [0.717, 1.165) is 25.7 Å². The van der Waals surface area contributed by atoms with Crippen molar-refractivity contribution in [3.63, 3.8) is 0 Å². The van der Waals surface area contributed by atoms with Gasteiger partial charge in [0.25, 0.3) is 0 Å². The van der Waals surface area contributed by atoms with Crippen molar-refractivity contribution in [2.24, 2.45) is 5.92 Å². The molecule has 3 heteroatoms. The minimum atomic E-state index is 0.316. The number of amides is 1. The van der Waals surface area contributed by atoms with Gasteiger partial charge in [0, 0.05) is 24.0 Å². The number of hydrogen-bond acceptors (Lipinski definition) is 2. The molecule has 2 aliphatic heterocycles. The van der Waals surface area contributed by atoms with Gasteiger partial charge in [-0.1, -0.05) is 0 Å². The molecule has 0 aromatic heterocycles. The van der Waals surface area contributed by atoms with Gasteiger partial charge in [0.1, 0.15) is 0 Å². The molecule has 14 heavy (non-hydrogen) atoms. The van der Waals surface area contributed by atoms with Crippen LogP contribution in [0.2, 0.25) is 0 Å². The molecule has 1 saturated carbocycles. The van der Waals surface area contributed by atoms with Crippen LogP contribution in [0.4, 0.5) is 0 Å². The second-order valence-corrected chi connectivity index (χ2v) is 5.09. The van der Waals surface area contributed by atoms with Crippen LogP contribution in [0.5, 0.6) is 0 Å². The van der Waals surface area contributed by atoms with Crippen LogP contribution < -0.4 is 10.6 Å². The van der Waals surface area contributed by atoms with Crippen LogP contribution in [0.3, 0.4) is 0 Å². The Balaban J connectivity index is 1.55. The number of rotatable bonds is 2. The van der Waals surface area contributed by atoms with E-state index >= 15 is 0 Å². The molecule has 3 rings (SSSR count). The van der Waals surface area contributed by atoms with Crippen molar-refractivity contribution in [2.75, 3.05) is 0 Å². The van der Waals surface area contributed by atoms with Crippen molar-refractivity contribution >= 4 is 5.91 Å². The van der Waals surface area contributed by atoms with E-state index in [9.17, 15) is 4.79 Å². The molecule has 0 spiro atoms. The summed E-state index contributed by atoms with van der Waals surface area (Å²) in [6.45, 7) is 0. The maximum absolute atomic E-state index is 11.6. The Kier molecular flexibility index (Phi) is 2.01. The average molecular weight is 194 g/mol. The fourth-order valence-corrected chi connectivity index (χ4v) is 2.84. The topological polar surface area (TPSA) is 41.1 Å². The first-order valence-corrected chi connectivity index (χ1v) is 5.87. The molecule has 2 N–H and O–H groups in total. The molecular formula is C11H18N2O. The Bertz CT molecular complexity index is 238. The summed E-state index contributed by atoms with van der Waals surface area (Å²) in [5, 5.41) is 6.79. The average Bonchev–Trinajstić information content (AvgIpc) is 2.94. The van der Waals surface area contributed by atoms with Crippen LogP contribution in [0.25, 0.3) is 0 Å². The number of fused-ring (bicyclic) bond motifs is 2. The van der Waals surface area contributed by atoms with Gasteiger partial charge < -0.3 is 10.6 Å². The van der Waals surface area contributed by atoms with Gasteiger partial charge >= 0.3 is 0 Å². The van der Waals surface area contributed by atoms with E-state index in [4.69, 9.17) is 0 Å².